The highest BCUT2D eigenvalue weighted by Crippen LogP contribution is 2.33. The molecule has 1 aromatic carbocycles. The first kappa shape index (κ1) is 18.3. The van der Waals surface area contributed by atoms with Crippen LogP contribution in [0.5, 0.6) is 0 Å². The molecule has 0 atom stereocenters. The fourth-order valence-electron chi connectivity index (χ4n) is 3.06. The Morgan fingerprint density at radius 3 is 2.90 bits per heavy atom. The fraction of sp³-hybridized carbons (Fsp3) is 0.278. The van der Waals surface area contributed by atoms with Crippen molar-refractivity contribution in [2.75, 3.05) is 36.5 Å². The Balaban J connectivity index is 1.44. The van der Waals surface area contributed by atoms with E-state index in [9.17, 15) is 4.79 Å². The topological polar surface area (TPSA) is 97.5 Å². The van der Waals surface area contributed by atoms with Crippen molar-refractivity contribution in [2.24, 2.45) is 0 Å². The lowest BCUT2D eigenvalue weighted by Crippen LogP contribution is -2.37. The molecule has 5 rings (SSSR count). The number of ether oxygens (including phenoxy) is 1. The molecule has 4 aromatic rings. The fourth-order valence-corrected chi connectivity index (χ4v) is 4.91. The number of hydrogen-bond acceptors (Lipinski definition) is 9. The molecule has 0 saturated carbocycles. The van der Waals surface area contributed by atoms with E-state index in [4.69, 9.17) is 9.84 Å². The zero-order chi connectivity index (χ0) is 19.8. The molecule has 1 aliphatic heterocycles. The van der Waals surface area contributed by atoms with Gasteiger partial charge in [0.25, 0.3) is 0 Å². The average Bonchev–Trinajstić information content (AvgIpc) is 3.31. The lowest BCUT2D eigenvalue weighted by molar-refractivity contribution is -0.114. The highest BCUT2D eigenvalue weighted by Gasteiger charge is 2.16. The van der Waals surface area contributed by atoms with Gasteiger partial charge in [-0.05, 0) is 42.1 Å². The summed E-state index contributed by atoms with van der Waals surface area (Å²) < 4.78 is 8.19. The van der Waals surface area contributed by atoms with Crippen LogP contribution in [0.1, 0.15) is 6.92 Å². The van der Waals surface area contributed by atoms with Gasteiger partial charge in [-0.3, -0.25) is 4.79 Å². The van der Waals surface area contributed by atoms with E-state index in [0.29, 0.717) is 29.1 Å². The van der Waals surface area contributed by atoms with Crippen LogP contribution in [0.4, 0.5) is 10.9 Å². The SMILES string of the molecule is CC(=O)Nc1nc2ccc(Sc3nnc4ccc(N5CCOCC5)nn34)cc2s1. The van der Waals surface area contributed by atoms with Crippen LogP contribution in [0.3, 0.4) is 0 Å². The van der Waals surface area contributed by atoms with Crippen molar-refractivity contribution < 1.29 is 9.53 Å². The second kappa shape index (κ2) is 7.58. The number of nitrogens with zero attached hydrogens (tertiary/aromatic N) is 6. The molecule has 29 heavy (non-hydrogen) atoms. The van der Waals surface area contributed by atoms with E-state index >= 15 is 0 Å². The summed E-state index contributed by atoms with van der Waals surface area (Å²) in [5, 5.41) is 17.3. The van der Waals surface area contributed by atoms with Crippen molar-refractivity contribution in [1.29, 1.82) is 0 Å². The predicted octanol–water partition coefficient (Wildman–Crippen LogP) is 2.68. The van der Waals surface area contributed by atoms with E-state index in [-0.39, 0.29) is 5.91 Å². The molecular formula is C18H17N7O2S2. The minimum Gasteiger partial charge on any atom is -0.378 e. The zero-order valence-electron chi connectivity index (χ0n) is 15.5. The van der Waals surface area contributed by atoms with Crippen molar-refractivity contribution in [3.63, 3.8) is 0 Å². The number of rotatable bonds is 4. The van der Waals surface area contributed by atoms with Crippen LogP contribution in [0.2, 0.25) is 0 Å². The van der Waals surface area contributed by atoms with E-state index in [2.05, 4.69) is 25.4 Å². The first-order valence-corrected chi connectivity index (χ1v) is 10.7. The smallest absolute Gasteiger partial charge is 0.223 e. The van der Waals surface area contributed by atoms with Crippen LogP contribution >= 0.6 is 23.1 Å². The molecule has 4 heterocycles. The van der Waals surface area contributed by atoms with Gasteiger partial charge in [0.1, 0.15) is 5.82 Å². The first-order chi connectivity index (χ1) is 14.2. The number of benzene rings is 1. The molecular weight excluding hydrogens is 410 g/mol. The van der Waals surface area contributed by atoms with Gasteiger partial charge in [-0.1, -0.05) is 11.3 Å². The number of carbonyl (C=O) groups excluding carboxylic acids is 1. The maximum Gasteiger partial charge on any atom is 0.223 e. The summed E-state index contributed by atoms with van der Waals surface area (Å²) >= 11 is 2.94. The van der Waals surface area contributed by atoms with E-state index in [1.165, 1.54) is 30.0 Å². The number of aromatic nitrogens is 5. The molecule has 148 valence electrons. The number of anilines is 2. The molecule has 1 saturated heterocycles. The molecule has 9 nitrogen and oxygen atoms in total. The normalized spacial score (nSPS) is 14.6. The van der Waals surface area contributed by atoms with Crippen LogP contribution < -0.4 is 10.2 Å². The van der Waals surface area contributed by atoms with E-state index < -0.39 is 0 Å². The minimum atomic E-state index is -0.129. The summed E-state index contributed by atoms with van der Waals surface area (Å²) in [6, 6.07) is 9.86. The lowest BCUT2D eigenvalue weighted by Gasteiger charge is -2.27. The van der Waals surface area contributed by atoms with Gasteiger partial charge in [-0.2, -0.15) is 4.52 Å². The van der Waals surface area contributed by atoms with Crippen LogP contribution in [-0.2, 0) is 9.53 Å². The van der Waals surface area contributed by atoms with Crippen molar-refractivity contribution in [1.82, 2.24) is 24.8 Å². The number of amides is 1. The Hall–Kier alpha value is -2.76. The molecule has 0 unspecified atom stereocenters. The molecule has 1 fully saturated rings. The summed E-state index contributed by atoms with van der Waals surface area (Å²) in [6.07, 6.45) is 0. The lowest BCUT2D eigenvalue weighted by atomic mass is 10.3. The van der Waals surface area contributed by atoms with Gasteiger partial charge in [-0.25, -0.2) is 4.98 Å². The third-order valence-electron chi connectivity index (χ3n) is 4.41. The molecule has 0 bridgehead atoms. The summed E-state index contributed by atoms with van der Waals surface area (Å²) in [6.45, 7) is 4.53. The summed E-state index contributed by atoms with van der Waals surface area (Å²) in [5.41, 5.74) is 1.55. The summed E-state index contributed by atoms with van der Waals surface area (Å²) in [4.78, 5) is 18.9. The highest BCUT2D eigenvalue weighted by atomic mass is 32.2. The molecule has 1 N–H and O–H groups in total. The van der Waals surface area contributed by atoms with E-state index in [1.807, 2.05) is 30.3 Å². The van der Waals surface area contributed by atoms with Crippen LogP contribution in [0, 0.1) is 0 Å². The maximum absolute atomic E-state index is 11.3. The largest absolute Gasteiger partial charge is 0.378 e. The summed E-state index contributed by atoms with van der Waals surface area (Å²) in [5.74, 6) is 0.760. The number of hydrogen-bond donors (Lipinski definition) is 1. The Morgan fingerprint density at radius 1 is 1.21 bits per heavy atom. The Kier molecular flexibility index (Phi) is 4.78. The standard InChI is InChI=1S/C18H17N7O2S2/c1-11(26)19-17-20-13-3-2-12(10-14(13)29-17)28-18-22-21-15-4-5-16(23-25(15)18)24-6-8-27-9-7-24/h2-5,10H,6-9H2,1H3,(H,19,20,26). The summed E-state index contributed by atoms with van der Waals surface area (Å²) in [7, 11) is 0. The molecule has 1 aliphatic rings. The maximum atomic E-state index is 11.3. The third kappa shape index (κ3) is 3.76. The Morgan fingerprint density at radius 2 is 2.07 bits per heavy atom. The number of morpholine rings is 1. The van der Waals surface area contributed by atoms with Crippen molar-refractivity contribution in [3.05, 3.63) is 30.3 Å². The second-order valence-electron chi connectivity index (χ2n) is 6.48. The van der Waals surface area contributed by atoms with Crippen LogP contribution in [-0.4, -0.2) is 57.0 Å². The number of carbonyl (C=O) groups is 1. The number of fused-ring (bicyclic) bond motifs is 2. The first-order valence-electron chi connectivity index (χ1n) is 9.07. The van der Waals surface area contributed by atoms with Gasteiger partial charge in [0, 0.05) is 24.9 Å². The number of thiazole rings is 1. The van der Waals surface area contributed by atoms with E-state index in [0.717, 1.165) is 34.0 Å². The van der Waals surface area contributed by atoms with Crippen LogP contribution in [0.25, 0.3) is 15.9 Å². The predicted molar refractivity (Wildman–Crippen MR) is 112 cm³/mol. The average molecular weight is 428 g/mol. The zero-order valence-corrected chi connectivity index (χ0v) is 17.2. The van der Waals surface area contributed by atoms with E-state index in [1.54, 1.807) is 4.52 Å². The van der Waals surface area contributed by atoms with Gasteiger partial charge in [-0.15, -0.1) is 15.3 Å². The monoisotopic (exact) mass is 427 g/mol. The Bertz CT molecular complexity index is 1200. The van der Waals surface area contributed by atoms with Gasteiger partial charge in [0.05, 0.1) is 23.4 Å². The van der Waals surface area contributed by atoms with Gasteiger partial charge >= 0.3 is 0 Å². The van der Waals surface area contributed by atoms with Gasteiger partial charge in [0.15, 0.2) is 10.8 Å². The molecule has 0 radical (unpaired) electrons. The van der Waals surface area contributed by atoms with Gasteiger partial charge in [0.2, 0.25) is 11.1 Å². The van der Waals surface area contributed by atoms with Crippen molar-refractivity contribution >= 4 is 55.8 Å². The Labute approximate surface area is 174 Å². The molecule has 0 aliphatic carbocycles. The quantitative estimate of drug-likeness (QED) is 0.531. The molecule has 1 amide bonds. The van der Waals surface area contributed by atoms with Gasteiger partial charge < -0.3 is 15.0 Å². The molecule has 3 aromatic heterocycles. The van der Waals surface area contributed by atoms with Crippen molar-refractivity contribution in [2.45, 2.75) is 17.0 Å². The van der Waals surface area contributed by atoms with Crippen molar-refractivity contribution in [3.8, 4) is 0 Å². The second-order valence-corrected chi connectivity index (χ2v) is 8.55. The third-order valence-corrected chi connectivity index (χ3v) is 6.27. The minimum absolute atomic E-state index is 0.129. The number of nitrogens with one attached hydrogen (secondary N) is 1. The van der Waals surface area contributed by atoms with Crippen LogP contribution in [0.15, 0.2) is 40.4 Å². The molecule has 11 heteroatoms. The highest BCUT2D eigenvalue weighted by molar-refractivity contribution is 7.99. The molecule has 0 spiro atoms.